The topological polar surface area (TPSA) is 43.3 Å². The van der Waals surface area contributed by atoms with E-state index in [1.54, 1.807) is 0 Å². The molecule has 3 rings (SSSR count). The molecule has 0 aromatic carbocycles. The van der Waals surface area contributed by atoms with Gasteiger partial charge in [-0.05, 0) is 24.4 Å². The zero-order valence-electron chi connectivity index (χ0n) is 15.2. The molecule has 0 radical (unpaired) electrons. The molecule has 3 heterocycles. The largest absolute Gasteiger partial charge is 0.379 e. The van der Waals surface area contributed by atoms with Gasteiger partial charge in [0, 0.05) is 58.9 Å². The molecular formula is C17H30IN5OS. The maximum absolute atomic E-state index is 5.50. The highest BCUT2D eigenvalue weighted by atomic mass is 127. The van der Waals surface area contributed by atoms with Gasteiger partial charge >= 0.3 is 0 Å². The summed E-state index contributed by atoms with van der Waals surface area (Å²) in [7, 11) is 1.88. The molecule has 2 aliphatic rings. The van der Waals surface area contributed by atoms with E-state index in [9.17, 15) is 0 Å². The Morgan fingerprint density at radius 1 is 1.32 bits per heavy atom. The van der Waals surface area contributed by atoms with Crippen molar-refractivity contribution in [3.63, 3.8) is 0 Å². The van der Waals surface area contributed by atoms with E-state index in [1.165, 1.54) is 5.00 Å². The molecule has 1 aromatic heterocycles. The number of nitrogens with zero attached hydrogens (tertiary/aromatic N) is 4. The van der Waals surface area contributed by atoms with E-state index in [4.69, 9.17) is 4.74 Å². The van der Waals surface area contributed by atoms with E-state index in [0.29, 0.717) is 6.04 Å². The zero-order valence-corrected chi connectivity index (χ0v) is 18.3. The van der Waals surface area contributed by atoms with Gasteiger partial charge in [-0.15, -0.1) is 35.3 Å². The molecule has 2 saturated heterocycles. The van der Waals surface area contributed by atoms with Crippen LogP contribution in [0.25, 0.3) is 0 Å². The first kappa shape index (κ1) is 20.7. The smallest absolute Gasteiger partial charge is 0.193 e. The molecule has 0 amide bonds. The molecule has 0 bridgehead atoms. The second-order valence-corrected chi connectivity index (χ2v) is 7.29. The molecule has 0 aliphatic carbocycles. The van der Waals surface area contributed by atoms with Crippen LogP contribution in [0.5, 0.6) is 0 Å². The Bertz CT molecular complexity index is 519. The Morgan fingerprint density at radius 2 is 2.12 bits per heavy atom. The fourth-order valence-corrected chi connectivity index (χ4v) is 4.11. The summed E-state index contributed by atoms with van der Waals surface area (Å²) in [5.41, 5.74) is 0. The standard InChI is InChI=1S/C17H29N5OS.HI/c1-15-14-23-12-11-20(15)6-5-19-17(18-2)22-9-7-21(8-10-22)16-4-3-13-24-16;/h3-4,13,15H,5-12,14H2,1-2H3,(H,18,19);1H. The van der Waals surface area contributed by atoms with E-state index in [0.717, 1.165) is 65.0 Å². The van der Waals surface area contributed by atoms with Crippen molar-refractivity contribution in [2.45, 2.75) is 13.0 Å². The normalized spacial score (nSPS) is 22.6. The monoisotopic (exact) mass is 479 g/mol. The third-order valence-electron chi connectivity index (χ3n) is 4.80. The highest BCUT2D eigenvalue weighted by Gasteiger charge is 2.21. The van der Waals surface area contributed by atoms with Crippen molar-refractivity contribution in [2.24, 2.45) is 4.99 Å². The summed E-state index contributed by atoms with van der Waals surface area (Å²) in [5.74, 6) is 1.03. The second-order valence-electron chi connectivity index (χ2n) is 6.36. The summed E-state index contributed by atoms with van der Waals surface area (Å²) in [4.78, 5) is 11.8. The molecule has 1 unspecified atom stereocenters. The number of ether oxygens (including phenoxy) is 1. The van der Waals surface area contributed by atoms with Crippen LogP contribution in [0, 0.1) is 0 Å². The number of rotatable bonds is 4. The van der Waals surface area contributed by atoms with E-state index >= 15 is 0 Å². The highest BCUT2D eigenvalue weighted by Crippen LogP contribution is 2.22. The van der Waals surface area contributed by atoms with Gasteiger partial charge in [-0.2, -0.15) is 0 Å². The molecule has 1 aromatic rings. The Balaban J connectivity index is 0.00000225. The highest BCUT2D eigenvalue weighted by molar-refractivity contribution is 14.0. The minimum absolute atomic E-state index is 0. The van der Waals surface area contributed by atoms with Crippen LogP contribution in [-0.2, 0) is 4.74 Å². The number of piperazine rings is 1. The first-order valence-corrected chi connectivity index (χ1v) is 9.71. The van der Waals surface area contributed by atoms with Crippen molar-refractivity contribution in [3.8, 4) is 0 Å². The van der Waals surface area contributed by atoms with E-state index in [2.05, 4.69) is 49.4 Å². The van der Waals surface area contributed by atoms with Gasteiger partial charge in [0.05, 0.1) is 18.2 Å². The number of anilines is 1. The fraction of sp³-hybridized carbons (Fsp3) is 0.706. The molecule has 2 aliphatic heterocycles. The first-order valence-electron chi connectivity index (χ1n) is 8.84. The number of morpholine rings is 1. The number of nitrogens with one attached hydrogen (secondary N) is 1. The minimum atomic E-state index is 0. The summed E-state index contributed by atoms with van der Waals surface area (Å²) in [5, 5.41) is 7.06. The molecule has 1 N–H and O–H groups in total. The molecule has 0 saturated carbocycles. The van der Waals surface area contributed by atoms with Crippen molar-refractivity contribution in [3.05, 3.63) is 17.5 Å². The zero-order chi connectivity index (χ0) is 16.8. The van der Waals surface area contributed by atoms with Gasteiger partial charge in [-0.3, -0.25) is 9.89 Å². The van der Waals surface area contributed by atoms with Crippen LogP contribution in [0.2, 0.25) is 0 Å². The van der Waals surface area contributed by atoms with Crippen LogP contribution < -0.4 is 10.2 Å². The van der Waals surface area contributed by atoms with Gasteiger partial charge in [-0.25, -0.2) is 0 Å². The van der Waals surface area contributed by atoms with Crippen LogP contribution in [0.15, 0.2) is 22.5 Å². The lowest BCUT2D eigenvalue weighted by atomic mass is 10.2. The summed E-state index contributed by atoms with van der Waals surface area (Å²) in [6, 6.07) is 4.84. The van der Waals surface area contributed by atoms with Crippen LogP contribution >= 0.6 is 35.3 Å². The van der Waals surface area contributed by atoms with Crippen molar-refractivity contribution < 1.29 is 4.74 Å². The van der Waals surface area contributed by atoms with Crippen LogP contribution in [0.4, 0.5) is 5.00 Å². The maximum Gasteiger partial charge on any atom is 0.193 e. The molecule has 2 fully saturated rings. The lowest BCUT2D eigenvalue weighted by Gasteiger charge is -2.37. The van der Waals surface area contributed by atoms with Crippen molar-refractivity contribution in [1.29, 1.82) is 0 Å². The predicted octanol–water partition coefficient (Wildman–Crippen LogP) is 1.78. The van der Waals surface area contributed by atoms with E-state index < -0.39 is 0 Å². The Labute approximate surface area is 172 Å². The molecule has 6 nitrogen and oxygen atoms in total. The number of guanidine groups is 1. The summed E-state index contributed by atoms with van der Waals surface area (Å²) < 4.78 is 5.50. The minimum Gasteiger partial charge on any atom is -0.379 e. The van der Waals surface area contributed by atoms with Gasteiger partial charge in [0.15, 0.2) is 5.96 Å². The van der Waals surface area contributed by atoms with Gasteiger partial charge in [-0.1, -0.05) is 0 Å². The molecule has 8 heteroatoms. The average molecular weight is 479 g/mol. The number of aliphatic imine (C=N–C) groups is 1. The van der Waals surface area contributed by atoms with Crippen molar-refractivity contribution in [1.82, 2.24) is 15.1 Å². The Kier molecular flexibility index (Phi) is 8.74. The molecule has 0 spiro atoms. The lowest BCUT2D eigenvalue weighted by Crippen LogP contribution is -2.54. The van der Waals surface area contributed by atoms with Gasteiger partial charge in [0.2, 0.25) is 0 Å². The molecule has 1 atom stereocenters. The van der Waals surface area contributed by atoms with Crippen LogP contribution in [0.1, 0.15) is 6.92 Å². The molecule has 25 heavy (non-hydrogen) atoms. The third-order valence-corrected chi connectivity index (χ3v) is 5.73. The maximum atomic E-state index is 5.50. The number of thiophene rings is 1. The van der Waals surface area contributed by atoms with Crippen LogP contribution in [-0.4, -0.2) is 87.9 Å². The lowest BCUT2D eigenvalue weighted by molar-refractivity contribution is 0.000824. The van der Waals surface area contributed by atoms with Gasteiger partial charge in [0.1, 0.15) is 0 Å². The Morgan fingerprint density at radius 3 is 2.76 bits per heavy atom. The SMILES string of the molecule is CN=C(NCCN1CCOCC1C)N1CCN(c2cccs2)CC1.I. The first-order chi connectivity index (χ1) is 11.8. The summed E-state index contributed by atoms with van der Waals surface area (Å²) in [6.07, 6.45) is 0. The number of hydrogen-bond acceptors (Lipinski definition) is 5. The van der Waals surface area contributed by atoms with Crippen molar-refractivity contribution in [2.75, 3.05) is 71.0 Å². The van der Waals surface area contributed by atoms with E-state index in [-0.39, 0.29) is 24.0 Å². The quantitative estimate of drug-likeness (QED) is 0.406. The van der Waals surface area contributed by atoms with E-state index in [1.807, 2.05) is 18.4 Å². The van der Waals surface area contributed by atoms with Crippen LogP contribution in [0.3, 0.4) is 0 Å². The molecule has 142 valence electrons. The van der Waals surface area contributed by atoms with Gasteiger partial charge < -0.3 is 19.9 Å². The second kappa shape index (κ2) is 10.5. The average Bonchev–Trinajstić information content (AvgIpc) is 3.15. The number of halogens is 1. The molecular weight excluding hydrogens is 449 g/mol. The Hall–Kier alpha value is -0.580. The van der Waals surface area contributed by atoms with Crippen molar-refractivity contribution >= 4 is 46.3 Å². The van der Waals surface area contributed by atoms with Gasteiger partial charge in [0.25, 0.3) is 0 Å². The predicted molar refractivity (Wildman–Crippen MR) is 117 cm³/mol. The summed E-state index contributed by atoms with van der Waals surface area (Å²) >= 11 is 1.82. The fourth-order valence-electron chi connectivity index (χ4n) is 3.33. The third kappa shape index (κ3) is 5.70. The summed E-state index contributed by atoms with van der Waals surface area (Å²) in [6.45, 7) is 11.1. The number of hydrogen-bond donors (Lipinski definition) is 1.